The van der Waals surface area contributed by atoms with Gasteiger partial charge in [0.05, 0.1) is 12.7 Å². The Labute approximate surface area is 129 Å². The van der Waals surface area contributed by atoms with Crippen LogP contribution in [0, 0.1) is 0 Å². The Hall–Kier alpha value is -2.62. The van der Waals surface area contributed by atoms with Crippen LogP contribution in [0.15, 0.2) is 48.5 Å². The Morgan fingerprint density at radius 2 is 1.50 bits per heavy atom. The van der Waals surface area contributed by atoms with Crippen molar-refractivity contribution in [3.8, 4) is 5.75 Å². The topological polar surface area (TPSA) is 52.6 Å². The Bertz CT molecular complexity index is 582. The summed E-state index contributed by atoms with van der Waals surface area (Å²) < 4.78 is 10.1. The molecule has 4 nitrogen and oxygen atoms in total. The molecular formula is C18H18O4. The molecule has 4 heteroatoms. The van der Waals surface area contributed by atoms with Gasteiger partial charge in [0.2, 0.25) is 0 Å². The predicted octanol–water partition coefficient (Wildman–Crippen LogP) is 3.30. The van der Waals surface area contributed by atoms with Crippen LogP contribution >= 0.6 is 0 Å². The van der Waals surface area contributed by atoms with E-state index in [2.05, 4.69) is 0 Å². The highest BCUT2D eigenvalue weighted by molar-refractivity contribution is 5.99. The smallest absolute Gasteiger partial charge is 0.338 e. The van der Waals surface area contributed by atoms with Crippen molar-refractivity contribution in [2.24, 2.45) is 0 Å². The van der Waals surface area contributed by atoms with Crippen LogP contribution in [-0.2, 0) is 11.2 Å². The maximum Gasteiger partial charge on any atom is 0.338 e. The molecule has 0 atom stereocenters. The van der Waals surface area contributed by atoms with Crippen LogP contribution in [0.5, 0.6) is 5.75 Å². The standard InChI is InChI=1S/C18H18O4/c1-3-13-4-6-14(7-5-13)17(19)12-22-18(20)15-8-10-16(21-2)11-9-15/h4-11H,3,12H2,1-2H3. The number of aryl methyl sites for hydroxylation is 1. The lowest BCUT2D eigenvalue weighted by atomic mass is 10.1. The third-order valence-electron chi connectivity index (χ3n) is 3.34. The Kier molecular flexibility index (Phi) is 5.31. The lowest BCUT2D eigenvalue weighted by molar-refractivity contribution is 0.0474. The summed E-state index contributed by atoms with van der Waals surface area (Å²) in [4.78, 5) is 23.8. The van der Waals surface area contributed by atoms with Crippen LogP contribution in [0.25, 0.3) is 0 Å². The highest BCUT2D eigenvalue weighted by atomic mass is 16.5. The lowest BCUT2D eigenvalue weighted by Crippen LogP contribution is -2.14. The van der Waals surface area contributed by atoms with Crippen molar-refractivity contribution in [2.45, 2.75) is 13.3 Å². The first-order chi connectivity index (χ1) is 10.6. The van der Waals surface area contributed by atoms with Gasteiger partial charge in [0.15, 0.2) is 12.4 Å². The molecule has 0 radical (unpaired) electrons. The lowest BCUT2D eigenvalue weighted by Gasteiger charge is -2.06. The van der Waals surface area contributed by atoms with E-state index in [-0.39, 0.29) is 12.4 Å². The van der Waals surface area contributed by atoms with Crippen molar-refractivity contribution in [1.29, 1.82) is 0 Å². The van der Waals surface area contributed by atoms with Crippen LogP contribution < -0.4 is 4.74 Å². The summed E-state index contributed by atoms with van der Waals surface area (Å²) in [6, 6.07) is 13.8. The first-order valence-corrected chi connectivity index (χ1v) is 7.07. The molecule has 0 aliphatic heterocycles. The summed E-state index contributed by atoms with van der Waals surface area (Å²) in [7, 11) is 1.55. The third-order valence-corrected chi connectivity index (χ3v) is 3.34. The number of carbonyl (C=O) groups excluding carboxylic acids is 2. The number of rotatable bonds is 6. The van der Waals surface area contributed by atoms with Crippen LogP contribution in [0.1, 0.15) is 33.2 Å². The van der Waals surface area contributed by atoms with Gasteiger partial charge in [0.25, 0.3) is 0 Å². The van der Waals surface area contributed by atoms with E-state index in [4.69, 9.17) is 9.47 Å². The van der Waals surface area contributed by atoms with E-state index in [0.717, 1.165) is 12.0 Å². The molecule has 2 aromatic carbocycles. The van der Waals surface area contributed by atoms with Gasteiger partial charge in [-0.1, -0.05) is 31.2 Å². The Morgan fingerprint density at radius 3 is 2.05 bits per heavy atom. The summed E-state index contributed by atoms with van der Waals surface area (Å²) in [5, 5.41) is 0. The van der Waals surface area contributed by atoms with Crippen LogP contribution in [0.4, 0.5) is 0 Å². The second kappa shape index (κ2) is 7.41. The van der Waals surface area contributed by atoms with Gasteiger partial charge in [-0.05, 0) is 36.2 Å². The maximum atomic E-state index is 12.0. The summed E-state index contributed by atoms with van der Waals surface area (Å²) in [5.74, 6) is -0.0886. The van der Waals surface area contributed by atoms with E-state index >= 15 is 0 Å². The summed E-state index contributed by atoms with van der Waals surface area (Å²) in [5.41, 5.74) is 2.08. The van der Waals surface area contributed by atoms with Crippen LogP contribution in [0.2, 0.25) is 0 Å². The fourth-order valence-electron chi connectivity index (χ4n) is 1.95. The quantitative estimate of drug-likeness (QED) is 0.606. The first-order valence-electron chi connectivity index (χ1n) is 7.07. The maximum absolute atomic E-state index is 12.0. The highest BCUT2D eigenvalue weighted by Crippen LogP contribution is 2.12. The van der Waals surface area contributed by atoms with Crippen LogP contribution in [0.3, 0.4) is 0 Å². The molecule has 0 saturated carbocycles. The van der Waals surface area contributed by atoms with Gasteiger partial charge in [-0.25, -0.2) is 4.79 Å². The van der Waals surface area contributed by atoms with Gasteiger partial charge in [-0.3, -0.25) is 4.79 Å². The first kappa shape index (κ1) is 15.8. The number of ketones is 1. The molecule has 0 aliphatic carbocycles. The number of esters is 1. The Balaban J connectivity index is 1.92. The average Bonchev–Trinajstić information content (AvgIpc) is 2.59. The van der Waals surface area contributed by atoms with Crippen molar-refractivity contribution >= 4 is 11.8 Å². The number of Topliss-reactive ketones (excluding diaryl/α,β-unsaturated/α-hetero) is 1. The van der Waals surface area contributed by atoms with Gasteiger partial charge >= 0.3 is 5.97 Å². The molecule has 114 valence electrons. The monoisotopic (exact) mass is 298 g/mol. The van der Waals surface area contributed by atoms with E-state index in [0.29, 0.717) is 16.9 Å². The van der Waals surface area contributed by atoms with E-state index in [1.165, 1.54) is 0 Å². The molecule has 0 heterocycles. The highest BCUT2D eigenvalue weighted by Gasteiger charge is 2.11. The molecule has 0 bridgehead atoms. The zero-order chi connectivity index (χ0) is 15.9. The van der Waals surface area contributed by atoms with Crippen molar-refractivity contribution in [2.75, 3.05) is 13.7 Å². The molecule has 2 aromatic rings. The number of benzene rings is 2. The summed E-state index contributed by atoms with van der Waals surface area (Å²) >= 11 is 0. The van der Waals surface area contributed by atoms with Gasteiger partial charge in [0, 0.05) is 5.56 Å². The minimum atomic E-state index is -0.527. The largest absolute Gasteiger partial charge is 0.497 e. The average molecular weight is 298 g/mol. The second-order valence-corrected chi connectivity index (χ2v) is 4.78. The minimum Gasteiger partial charge on any atom is -0.497 e. The predicted molar refractivity (Wildman–Crippen MR) is 83.4 cm³/mol. The zero-order valence-electron chi connectivity index (χ0n) is 12.7. The number of hydrogen-bond donors (Lipinski definition) is 0. The van der Waals surface area contributed by atoms with E-state index in [9.17, 15) is 9.59 Å². The molecule has 22 heavy (non-hydrogen) atoms. The normalized spacial score (nSPS) is 10.1. The molecule has 0 aliphatic rings. The van der Waals surface area contributed by atoms with Crippen molar-refractivity contribution in [3.63, 3.8) is 0 Å². The molecule has 0 unspecified atom stereocenters. The number of hydrogen-bond acceptors (Lipinski definition) is 4. The van der Waals surface area contributed by atoms with E-state index in [1.54, 1.807) is 43.5 Å². The molecule has 2 rings (SSSR count). The van der Waals surface area contributed by atoms with Gasteiger partial charge < -0.3 is 9.47 Å². The number of carbonyl (C=O) groups is 2. The molecule has 0 aromatic heterocycles. The fraction of sp³-hybridized carbons (Fsp3) is 0.222. The minimum absolute atomic E-state index is 0.218. The molecule has 0 saturated heterocycles. The molecule has 0 amide bonds. The van der Waals surface area contributed by atoms with Crippen LogP contribution in [-0.4, -0.2) is 25.5 Å². The molecule has 0 spiro atoms. The SMILES string of the molecule is CCc1ccc(C(=O)COC(=O)c2ccc(OC)cc2)cc1. The zero-order valence-corrected chi connectivity index (χ0v) is 12.7. The summed E-state index contributed by atoms with van der Waals surface area (Å²) in [6.45, 7) is 1.78. The van der Waals surface area contributed by atoms with E-state index < -0.39 is 5.97 Å². The van der Waals surface area contributed by atoms with E-state index in [1.807, 2.05) is 19.1 Å². The Morgan fingerprint density at radius 1 is 0.909 bits per heavy atom. The molecule has 0 N–H and O–H groups in total. The number of ether oxygens (including phenoxy) is 2. The van der Waals surface area contributed by atoms with Gasteiger partial charge in [-0.2, -0.15) is 0 Å². The van der Waals surface area contributed by atoms with Crippen molar-refractivity contribution in [1.82, 2.24) is 0 Å². The summed E-state index contributed by atoms with van der Waals surface area (Å²) in [6.07, 6.45) is 0.918. The van der Waals surface area contributed by atoms with Crippen molar-refractivity contribution in [3.05, 3.63) is 65.2 Å². The third kappa shape index (κ3) is 3.95. The number of methoxy groups -OCH3 is 1. The molecular weight excluding hydrogens is 280 g/mol. The van der Waals surface area contributed by atoms with Gasteiger partial charge in [-0.15, -0.1) is 0 Å². The molecule has 0 fully saturated rings. The second-order valence-electron chi connectivity index (χ2n) is 4.78. The fourth-order valence-corrected chi connectivity index (χ4v) is 1.95. The van der Waals surface area contributed by atoms with Gasteiger partial charge in [0.1, 0.15) is 5.75 Å². The van der Waals surface area contributed by atoms with Crippen molar-refractivity contribution < 1.29 is 19.1 Å².